The van der Waals surface area contributed by atoms with Crippen molar-refractivity contribution >= 4 is 0 Å². The lowest BCUT2D eigenvalue weighted by Gasteiger charge is -2.20. The lowest BCUT2D eigenvalue weighted by atomic mass is 9.85. The second-order valence-corrected chi connectivity index (χ2v) is 4.86. The highest BCUT2D eigenvalue weighted by atomic mass is 14.2. The molecule has 0 amide bonds. The smallest absolute Gasteiger partial charge is 0.0663 e. The largest absolute Gasteiger partial charge is 0.198 e. The van der Waals surface area contributed by atoms with E-state index in [0.29, 0.717) is 6.42 Å². The van der Waals surface area contributed by atoms with Gasteiger partial charge in [-0.3, -0.25) is 0 Å². The summed E-state index contributed by atoms with van der Waals surface area (Å²) in [5.41, 5.74) is 1.49. The monoisotopic (exact) mass is 217 g/mol. The molecular formula is C15H23N. The van der Waals surface area contributed by atoms with Gasteiger partial charge in [-0.1, -0.05) is 44.1 Å². The predicted molar refractivity (Wildman–Crippen MR) is 68.9 cm³/mol. The van der Waals surface area contributed by atoms with Crippen LogP contribution in [0.5, 0.6) is 0 Å². The SMILES string of the molecule is CCC/C(=C\CC#N)CC(C)C1CC=CC1. The van der Waals surface area contributed by atoms with Crippen molar-refractivity contribution in [3.8, 4) is 6.07 Å². The molecule has 0 N–H and O–H groups in total. The molecule has 0 fully saturated rings. The van der Waals surface area contributed by atoms with Crippen molar-refractivity contribution in [2.75, 3.05) is 0 Å². The maximum absolute atomic E-state index is 8.62. The van der Waals surface area contributed by atoms with E-state index in [9.17, 15) is 0 Å². The van der Waals surface area contributed by atoms with Gasteiger partial charge in [-0.25, -0.2) is 0 Å². The summed E-state index contributed by atoms with van der Waals surface area (Å²) in [6.45, 7) is 4.57. The second kappa shape index (κ2) is 7.28. The van der Waals surface area contributed by atoms with Gasteiger partial charge in [0.2, 0.25) is 0 Å². The summed E-state index contributed by atoms with van der Waals surface area (Å²) in [5.74, 6) is 1.59. The molecule has 0 heterocycles. The number of rotatable bonds is 6. The molecule has 1 nitrogen and oxygen atoms in total. The first kappa shape index (κ1) is 13.0. The van der Waals surface area contributed by atoms with Crippen molar-refractivity contribution in [1.29, 1.82) is 5.26 Å². The Morgan fingerprint density at radius 3 is 2.75 bits per heavy atom. The molecular weight excluding hydrogens is 194 g/mol. The zero-order chi connectivity index (χ0) is 11.8. The molecule has 0 spiro atoms. The summed E-state index contributed by atoms with van der Waals surface area (Å²) in [7, 11) is 0. The Bertz CT molecular complexity index is 285. The average molecular weight is 217 g/mol. The van der Waals surface area contributed by atoms with Crippen molar-refractivity contribution in [3.05, 3.63) is 23.8 Å². The van der Waals surface area contributed by atoms with Gasteiger partial charge in [0, 0.05) is 0 Å². The van der Waals surface area contributed by atoms with Gasteiger partial charge in [-0.2, -0.15) is 5.26 Å². The van der Waals surface area contributed by atoms with Crippen LogP contribution in [-0.4, -0.2) is 0 Å². The minimum absolute atomic E-state index is 0.574. The summed E-state index contributed by atoms with van der Waals surface area (Å²) in [6.07, 6.45) is 13.4. The van der Waals surface area contributed by atoms with E-state index in [0.717, 1.165) is 18.3 Å². The van der Waals surface area contributed by atoms with Crippen LogP contribution >= 0.6 is 0 Å². The molecule has 0 aliphatic heterocycles. The second-order valence-electron chi connectivity index (χ2n) is 4.86. The van der Waals surface area contributed by atoms with Crippen molar-refractivity contribution in [2.24, 2.45) is 11.8 Å². The molecule has 1 rings (SSSR count). The summed E-state index contributed by atoms with van der Waals surface area (Å²) < 4.78 is 0. The molecule has 0 bridgehead atoms. The van der Waals surface area contributed by atoms with Crippen LogP contribution < -0.4 is 0 Å². The van der Waals surface area contributed by atoms with Gasteiger partial charge in [0.1, 0.15) is 0 Å². The molecule has 16 heavy (non-hydrogen) atoms. The molecule has 1 aliphatic carbocycles. The van der Waals surface area contributed by atoms with Crippen LogP contribution in [0.2, 0.25) is 0 Å². The fourth-order valence-corrected chi connectivity index (χ4v) is 2.48. The summed E-state index contributed by atoms with van der Waals surface area (Å²) in [6, 6.07) is 2.21. The Morgan fingerprint density at radius 2 is 2.19 bits per heavy atom. The summed E-state index contributed by atoms with van der Waals surface area (Å²) >= 11 is 0. The topological polar surface area (TPSA) is 23.8 Å². The zero-order valence-electron chi connectivity index (χ0n) is 10.6. The van der Waals surface area contributed by atoms with Crippen molar-refractivity contribution in [2.45, 2.75) is 52.4 Å². The number of allylic oxidation sites excluding steroid dienone is 4. The number of hydrogen-bond donors (Lipinski definition) is 0. The summed E-state index contributed by atoms with van der Waals surface area (Å²) in [4.78, 5) is 0. The van der Waals surface area contributed by atoms with Crippen LogP contribution in [0.4, 0.5) is 0 Å². The molecule has 1 heteroatoms. The van der Waals surface area contributed by atoms with Gasteiger partial charge in [-0.05, 0) is 37.5 Å². The molecule has 0 aromatic heterocycles. The van der Waals surface area contributed by atoms with E-state index in [1.807, 2.05) is 0 Å². The first-order valence-corrected chi connectivity index (χ1v) is 6.47. The van der Waals surface area contributed by atoms with Gasteiger partial charge in [-0.15, -0.1) is 0 Å². The van der Waals surface area contributed by atoms with Gasteiger partial charge in [0.15, 0.2) is 0 Å². The Labute approximate surface area is 99.9 Å². The lowest BCUT2D eigenvalue weighted by Crippen LogP contribution is -2.09. The highest BCUT2D eigenvalue weighted by molar-refractivity contribution is 5.07. The number of hydrogen-bond acceptors (Lipinski definition) is 1. The Kier molecular flexibility index (Phi) is 5.93. The number of nitrogens with zero attached hydrogens (tertiary/aromatic N) is 1. The van der Waals surface area contributed by atoms with Gasteiger partial charge >= 0.3 is 0 Å². The maximum Gasteiger partial charge on any atom is 0.0663 e. The van der Waals surface area contributed by atoms with Crippen molar-refractivity contribution in [3.63, 3.8) is 0 Å². The van der Waals surface area contributed by atoms with E-state index in [1.54, 1.807) is 0 Å². The van der Waals surface area contributed by atoms with Crippen LogP contribution in [0, 0.1) is 23.2 Å². The van der Waals surface area contributed by atoms with Crippen molar-refractivity contribution in [1.82, 2.24) is 0 Å². The Morgan fingerprint density at radius 1 is 1.50 bits per heavy atom. The normalized spacial score (nSPS) is 18.7. The van der Waals surface area contributed by atoms with Gasteiger partial charge in [0.25, 0.3) is 0 Å². The Balaban J connectivity index is 2.44. The molecule has 1 atom stereocenters. The van der Waals surface area contributed by atoms with E-state index in [4.69, 9.17) is 5.26 Å². The maximum atomic E-state index is 8.62. The Hall–Kier alpha value is -1.03. The third-order valence-corrected chi connectivity index (χ3v) is 3.49. The van der Waals surface area contributed by atoms with Gasteiger partial charge in [0.05, 0.1) is 12.5 Å². The molecule has 0 aromatic rings. The first-order valence-electron chi connectivity index (χ1n) is 6.47. The first-order chi connectivity index (χ1) is 7.77. The third kappa shape index (κ3) is 4.23. The van der Waals surface area contributed by atoms with E-state index in [-0.39, 0.29) is 0 Å². The van der Waals surface area contributed by atoms with Crippen LogP contribution in [-0.2, 0) is 0 Å². The third-order valence-electron chi connectivity index (χ3n) is 3.49. The average Bonchev–Trinajstić information content (AvgIpc) is 2.79. The highest BCUT2D eigenvalue weighted by Gasteiger charge is 2.18. The van der Waals surface area contributed by atoms with E-state index in [2.05, 4.69) is 38.1 Å². The van der Waals surface area contributed by atoms with Crippen LogP contribution in [0.15, 0.2) is 23.8 Å². The molecule has 88 valence electrons. The standard InChI is InChI=1S/C15H23N/c1-3-7-14(8-6-11-16)12-13(2)15-9-4-5-10-15/h4-5,8,13,15H,3,6-7,9-10,12H2,1-2H3/b14-8+. The van der Waals surface area contributed by atoms with Crippen molar-refractivity contribution < 1.29 is 0 Å². The highest BCUT2D eigenvalue weighted by Crippen LogP contribution is 2.31. The lowest BCUT2D eigenvalue weighted by molar-refractivity contribution is 0.371. The molecule has 0 saturated heterocycles. The van der Waals surface area contributed by atoms with E-state index < -0.39 is 0 Å². The minimum Gasteiger partial charge on any atom is -0.198 e. The van der Waals surface area contributed by atoms with Crippen LogP contribution in [0.1, 0.15) is 52.4 Å². The van der Waals surface area contributed by atoms with E-state index in [1.165, 1.54) is 31.3 Å². The van der Waals surface area contributed by atoms with Gasteiger partial charge < -0.3 is 0 Å². The zero-order valence-corrected chi connectivity index (χ0v) is 10.6. The summed E-state index contributed by atoms with van der Waals surface area (Å²) in [5, 5.41) is 8.62. The number of nitriles is 1. The van der Waals surface area contributed by atoms with Crippen LogP contribution in [0.25, 0.3) is 0 Å². The molecule has 1 aliphatic rings. The van der Waals surface area contributed by atoms with Crippen LogP contribution in [0.3, 0.4) is 0 Å². The molecule has 0 radical (unpaired) electrons. The predicted octanol–water partition coefficient (Wildman–Crippen LogP) is 4.62. The van der Waals surface area contributed by atoms with E-state index >= 15 is 0 Å². The molecule has 0 aromatic carbocycles. The fraction of sp³-hybridized carbons (Fsp3) is 0.667. The molecule has 0 saturated carbocycles. The quantitative estimate of drug-likeness (QED) is 0.595. The molecule has 1 unspecified atom stereocenters. The minimum atomic E-state index is 0.574. The fourth-order valence-electron chi connectivity index (χ4n) is 2.48.